The quantitative estimate of drug-likeness (QED) is 0.106. The predicted octanol–water partition coefficient (Wildman–Crippen LogP) is 7.47. The summed E-state index contributed by atoms with van der Waals surface area (Å²) in [5.74, 6) is -0.432. The molecule has 272 valence electrons. The molecular formula is C38H31Cl2N9O5. The lowest BCUT2D eigenvalue weighted by Gasteiger charge is -2.19. The second kappa shape index (κ2) is 17.7. The molecule has 14 nitrogen and oxygen atoms in total. The van der Waals surface area contributed by atoms with E-state index in [9.17, 15) is 14.4 Å². The molecule has 3 N–H and O–H groups in total. The Morgan fingerprint density at radius 3 is 2.26 bits per heavy atom. The fraction of sp³-hybridized carbons (Fsp3) is 0.105. The minimum Gasteiger partial charge on any atom is -0.453 e. The van der Waals surface area contributed by atoms with Gasteiger partial charge in [0.05, 0.1) is 24.5 Å². The molecule has 0 unspecified atom stereocenters. The lowest BCUT2D eigenvalue weighted by molar-refractivity contribution is -0.117. The number of halogens is 2. The normalized spacial score (nSPS) is 11.5. The molecule has 2 heterocycles. The van der Waals surface area contributed by atoms with Gasteiger partial charge in [0.25, 0.3) is 0 Å². The SMILES string of the molecule is COC(=O)Nc1ccc(-c2cc([C@H](Cc3ccc(NC(=O)OCc4ccccc4)cc3)NC(=O)/C=C/c3cc(Cl)ccc3-n3cnnn3)nnc2Cl)cc1. The first-order chi connectivity index (χ1) is 26.2. The van der Waals surface area contributed by atoms with Gasteiger partial charge in [-0.05, 0) is 88.1 Å². The first-order valence-corrected chi connectivity index (χ1v) is 17.1. The number of nitrogens with one attached hydrogen (secondary N) is 3. The maximum absolute atomic E-state index is 13.5. The van der Waals surface area contributed by atoms with Crippen LogP contribution in [0.4, 0.5) is 21.0 Å². The van der Waals surface area contributed by atoms with E-state index in [1.807, 2.05) is 42.5 Å². The first-order valence-electron chi connectivity index (χ1n) is 16.3. The van der Waals surface area contributed by atoms with Crippen LogP contribution in [-0.4, -0.2) is 55.6 Å². The van der Waals surface area contributed by atoms with E-state index in [2.05, 4.69) is 46.4 Å². The van der Waals surface area contributed by atoms with E-state index in [0.29, 0.717) is 50.9 Å². The number of amides is 3. The molecule has 0 spiro atoms. The van der Waals surface area contributed by atoms with Gasteiger partial charge < -0.3 is 14.8 Å². The Balaban J connectivity index is 1.23. The highest BCUT2D eigenvalue weighted by molar-refractivity contribution is 6.32. The molecule has 6 aromatic rings. The van der Waals surface area contributed by atoms with Gasteiger partial charge in [0, 0.05) is 33.6 Å². The van der Waals surface area contributed by atoms with Gasteiger partial charge in [0.1, 0.15) is 12.9 Å². The lowest BCUT2D eigenvalue weighted by Crippen LogP contribution is -2.29. The summed E-state index contributed by atoms with van der Waals surface area (Å²) in [5, 5.41) is 28.8. The summed E-state index contributed by atoms with van der Waals surface area (Å²) in [6.45, 7) is 0.134. The molecule has 0 saturated heterocycles. The van der Waals surface area contributed by atoms with Crippen LogP contribution in [-0.2, 0) is 27.3 Å². The summed E-state index contributed by atoms with van der Waals surface area (Å²) < 4.78 is 11.5. The maximum Gasteiger partial charge on any atom is 0.411 e. The van der Waals surface area contributed by atoms with Gasteiger partial charge in [-0.25, -0.2) is 9.59 Å². The molecule has 1 atom stereocenters. The number of hydrogen-bond acceptors (Lipinski definition) is 10. The van der Waals surface area contributed by atoms with Crippen molar-refractivity contribution in [1.29, 1.82) is 0 Å². The Labute approximate surface area is 319 Å². The van der Waals surface area contributed by atoms with E-state index >= 15 is 0 Å². The van der Waals surface area contributed by atoms with Crippen molar-refractivity contribution in [2.45, 2.75) is 19.1 Å². The number of anilines is 2. The van der Waals surface area contributed by atoms with Gasteiger partial charge in [-0.2, -0.15) is 9.78 Å². The van der Waals surface area contributed by atoms with E-state index in [1.165, 1.54) is 24.2 Å². The minimum atomic E-state index is -0.682. The minimum absolute atomic E-state index is 0.134. The highest BCUT2D eigenvalue weighted by Crippen LogP contribution is 2.30. The number of hydrogen-bond donors (Lipinski definition) is 3. The van der Waals surface area contributed by atoms with Gasteiger partial charge >= 0.3 is 12.2 Å². The van der Waals surface area contributed by atoms with Crippen LogP contribution in [0.15, 0.2) is 116 Å². The Morgan fingerprint density at radius 1 is 0.833 bits per heavy atom. The number of carbonyl (C=O) groups excluding carboxylic acids is 3. The topological polar surface area (TPSA) is 175 Å². The molecule has 0 radical (unpaired) electrons. The zero-order chi connectivity index (χ0) is 37.9. The van der Waals surface area contributed by atoms with E-state index in [4.69, 9.17) is 27.9 Å². The molecule has 16 heteroatoms. The van der Waals surface area contributed by atoms with Crippen LogP contribution in [0.5, 0.6) is 0 Å². The molecule has 4 aromatic carbocycles. The number of rotatable bonds is 12. The number of carbonyl (C=O) groups is 3. The third-order valence-corrected chi connectivity index (χ3v) is 8.44. The standard InChI is InChI=1S/C38H31Cl2N9O5/c1-53-37(51)42-30-15-9-26(10-16-30)31-21-33(45-46-36(31)40)32(44-35(50)18-11-27-20-28(39)12-17-34(27)49-23-41-47-48-49)19-24-7-13-29(14-8-24)43-38(52)54-22-25-5-3-2-4-6-25/h2-18,20-21,23,32H,19,22H2,1H3,(H,42,51)(H,43,52)(H,44,50)/b18-11+/t32-/m0/s1. The Hall–Kier alpha value is -6.64. The van der Waals surface area contributed by atoms with E-state index < -0.39 is 24.1 Å². The average molecular weight is 765 g/mol. The number of aromatic nitrogens is 6. The van der Waals surface area contributed by atoms with Crippen molar-refractivity contribution in [2.24, 2.45) is 0 Å². The van der Waals surface area contributed by atoms with Crippen LogP contribution in [0.25, 0.3) is 22.9 Å². The molecule has 54 heavy (non-hydrogen) atoms. The second-order valence-electron chi connectivity index (χ2n) is 11.6. The largest absolute Gasteiger partial charge is 0.453 e. The molecule has 0 aliphatic carbocycles. The fourth-order valence-electron chi connectivity index (χ4n) is 5.26. The Kier molecular flexibility index (Phi) is 12.2. The van der Waals surface area contributed by atoms with E-state index in [1.54, 1.807) is 66.7 Å². The van der Waals surface area contributed by atoms with Crippen LogP contribution < -0.4 is 16.0 Å². The molecule has 2 aromatic heterocycles. The molecule has 6 rings (SSSR count). The first kappa shape index (κ1) is 37.1. The summed E-state index contributed by atoms with van der Waals surface area (Å²) in [7, 11) is 1.28. The summed E-state index contributed by atoms with van der Waals surface area (Å²) >= 11 is 12.8. The van der Waals surface area contributed by atoms with Crippen molar-refractivity contribution < 1.29 is 23.9 Å². The van der Waals surface area contributed by atoms with Crippen molar-refractivity contribution in [1.82, 2.24) is 35.7 Å². The summed E-state index contributed by atoms with van der Waals surface area (Å²) in [6, 6.07) is 29.6. The number of benzene rings is 4. The summed E-state index contributed by atoms with van der Waals surface area (Å²) in [6.07, 6.45) is 3.52. The summed E-state index contributed by atoms with van der Waals surface area (Å²) in [4.78, 5) is 37.6. The van der Waals surface area contributed by atoms with Crippen LogP contribution in [0.1, 0.15) is 28.4 Å². The average Bonchev–Trinajstić information content (AvgIpc) is 3.73. The number of tetrazole rings is 1. The zero-order valence-electron chi connectivity index (χ0n) is 28.5. The number of ether oxygens (including phenoxy) is 2. The molecule has 3 amide bonds. The van der Waals surface area contributed by atoms with Crippen LogP contribution in [0.3, 0.4) is 0 Å². The monoisotopic (exact) mass is 763 g/mol. The van der Waals surface area contributed by atoms with Gasteiger partial charge in [0.2, 0.25) is 5.91 Å². The van der Waals surface area contributed by atoms with Crippen molar-refractivity contribution in [2.75, 3.05) is 17.7 Å². The summed E-state index contributed by atoms with van der Waals surface area (Å²) in [5.41, 5.74) is 5.63. The van der Waals surface area contributed by atoms with Crippen molar-refractivity contribution >= 4 is 58.7 Å². The van der Waals surface area contributed by atoms with Crippen LogP contribution in [0.2, 0.25) is 10.2 Å². The van der Waals surface area contributed by atoms with Gasteiger partial charge in [-0.3, -0.25) is 15.4 Å². The fourth-order valence-corrected chi connectivity index (χ4v) is 5.64. The lowest BCUT2D eigenvalue weighted by atomic mass is 10.00. The molecule has 0 saturated carbocycles. The smallest absolute Gasteiger partial charge is 0.411 e. The van der Waals surface area contributed by atoms with Gasteiger partial charge in [-0.1, -0.05) is 77.8 Å². The van der Waals surface area contributed by atoms with Crippen LogP contribution in [0, 0.1) is 0 Å². The van der Waals surface area contributed by atoms with Crippen LogP contribution >= 0.6 is 23.2 Å². The Morgan fingerprint density at radius 2 is 1.56 bits per heavy atom. The molecule has 0 aliphatic rings. The van der Waals surface area contributed by atoms with E-state index in [0.717, 1.165) is 11.1 Å². The highest BCUT2D eigenvalue weighted by Gasteiger charge is 2.20. The van der Waals surface area contributed by atoms with Gasteiger partial charge in [-0.15, -0.1) is 10.2 Å². The van der Waals surface area contributed by atoms with Crippen molar-refractivity contribution in [3.05, 3.63) is 148 Å². The predicted molar refractivity (Wildman–Crippen MR) is 203 cm³/mol. The Bertz CT molecular complexity index is 2250. The maximum atomic E-state index is 13.5. The molecular weight excluding hydrogens is 733 g/mol. The van der Waals surface area contributed by atoms with Crippen molar-refractivity contribution in [3.8, 4) is 16.8 Å². The molecule has 0 aliphatic heterocycles. The highest BCUT2D eigenvalue weighted by atomic mass is 35.5. The number of methoxy groups -OCH3 is 1. The number of nitrogens with zero attached hydrogens (tertiary/aromatic N) is 6. The van der Waals surface area contributed by atoms with E-state index in [-0.39, 0.29) is 11.8 Å². The third-order valence-electron chi connectivity index (χ3n) is 7.92. The van der Waals surface area contributed by atoms with Gasteiger partial charge in [0.15, 0.2) is 5.15 Å². The molecule has 0 fully saturated rings. The second-order valence-corrected chi connectivity index (χ2v) is 12.4. The third kappa shape index (κ3) is 10.0. The molecule has 0 bridgehead atoms. The van der Waals surface area contributed by atoms with Crippen molar-refractivity contribution in [3.63, 3.8) is 0 Å². The zero-order valence-corrected chi connectivity index (χ0v) is 30.0.